The van der Waals surface area contributed by atoms with Gasteiger partial charge in [0.05, 0.1) is 12.3 Å². The minimum Gasteiger partial charge on any atom is -0.450 e. The lowest BCUT2D eigenvalue weighted by atomic mass is 10.0. The number of hydrogen-bond donors (Lipinski definition) is 1. The number of piperidine rings is 1. The van der Waals surface area contributed by atoms with E-state index in [2.05, 4.69) is 10.4 Å². The molecule has 0 atom stereocenters. The Hall–Kier alpha value is -4.14. The number of aromatic nitrogens is 3. The van der Waals surface area contributed by atoms with E-state index >= 15 is 0 Å². The van der Waals surface area contributed by atoms with Crippen LogP contribution in [0.5, 0.6) is 0 Å². The largest absolute Gasteiger partial charge is 0.450 e. The fourth-order valence-corrected chi connectivity index (χ4v) is 4.87. The number of carbonyl (C=O) groups excluding carboxylic acids is 2. The highest BCUT2D eigenvalue weighted by molar-refractivity contribution is 6.16. The van der Waals surface area contributed by atoms with Crippen molar-refractivity contribution in [2.75, 3.05) is 19.7 Å². The second kappa shape index (κ2) is 9.49. The van der Waals surface area contributed by atoms with Crippen LogP contribution in [0.1, 0.15) is 35.8 Å². The summed E-state index contributed by atoms with van der Waals surface area (Å²) in [5.41, 5.74) is 2.85. The lowest BCUT2D eigenvalue weighted by Gasteiger charge is -2.31. The Morgan fingerprint density at radius 3 is 2.47 bits per heavy atom. The zero-order valence-corrected chi connectivity index (χ0v) is 20.7. The maximum atomic E-state index is 13.6. The summed E-state index contributed by atoms with van der Waals surface area (Å²) in [5, 5.41) is 9.03. The minimum atomic E-state index is -0.341. The Morgan fingerprint density at radius 1 is 1.08 bits per heavy atom. The number of amides is 2. The topological polar surface area (TPSA) is 98.5 Å². The van der Waals surface area contributed by atoms with Gasteiger partial charge in [0.15, 0.2) is 5.69 Å². The van der Waals surface area contributed by atoms with E-state index in [-0.39, 0.29) is 29.3 Å². The fraction of sp³-hybridized carbons (Fsp3) is 0.333. The van der Waals surface area contributed by atoms with Crippen LogP contribution in [0.15, 0.2) is 53.3 Å². The molecule has 1 saturated heterocycles. The molecule has 1 fully saturated rings. The number of nitrogens with zero attached hydrogens (tertiary/aromatic N) is 4. The van der Waals surface area contributed by atoms with Crippen molar-refractivity contribution in [1.82, 2.24) is 24.6 Å². The maximum Gasteiger partial charge on any atom is 0.409 e. The molecule has 9 heteroatoms. The summed E-state index contributed by atoms with van der Waals surface area (Å²) >= 11 is 0. The van der Waals surface area contributed by atoms with Gasteiger partial charge in [-0.15, -0.1) is 0 Å². The zero-order valence-electron chi connectivity index (χ0n) is 20.7. The molecule has 2 amide bonds. The van der Waals surface area contributed by atoms with E-state index in [0.29, 0.717) is 49.1 Å². The normalized spacial score (nSPS) is 14.4. The van der Waals surface area contributed by atoms with Crippen LogP contribution < -0.4 is 10.9 Å². The molecule has 9 nitrogen and oxygen atoms in total. The molecule has 1 N–H and O–H groups in total. The third-order valence-electron chi connectivity index (χ3n) is 6.79. The predicted octanol–water partition coefficient (Wildman–Crippen LogP) is 3.54. The third-order valence-corrected chi connectivity index (χ3v) is 6.79. The first-order valence-corrected chi connectivity index (χ1v) is 12.2. The molecule has 0 saturated carbocycles. The van der Waals surface area contributed by atoms with Crippen LogP contribution in [0.2, 0.25) is 0 Å². The number of para-hydroxylation sites is 1. The van der Waals surface area contributed by atoms with E-state index in [1.54, 1.807) is 11.8 Å². The highest BCUT2D eigenvalue weighted by Crippen LogP contribution is 2.28. The number of fused-ring (bicyclic) bond motifs is 3. The number of benzene rings is 2. The predicted molar refractivity (Wildman–Crippen MR) is 138 cm³/mol. The first-order chi connectivity index (χ1) is 17.4. The Balaban J connectivity index is 1.55. The molecule has 3 heterocycles. The number of nitrogens with one attached hydrogen (secondary N) is 1. The van der Waals surface area contributed by atoms with Crippen molar-refractivity contribution < 1.29 is 14.3 Å². The van der Waals surface area contributed by atoms with Crippen LogP contribution >= 0.6 is 0 Å². The molecule has 2 aromatic heterocycles. The fourth-order valence-electron chi connectivity index (χ4n) is 4.87. The van der Waals surface area contributed by atoms with Gasteiger partial charge in [-0.05, 0) is 44.9 Å². The summed E-state index contributed by atoms with van der Waals surface area (Å²) < 4.78 is 8.22. The smallest absolute Gasteiger partial charge is 0.409 e. The van der Waals surface area contributed by atoms with E-state index in [0.717, 1.165) is 16.5 Å². The van der Waals surface area contributed by atoms with E-state index in [1.165, 1.54) is 4.68 Å². The van der Waals surface area contributed by atoms with Crippen LogP contribution in [0.25, 0.3) is 27.5 Å². The average Bonchev–Trinajstić information content (AvgIpc) is 3.18. The van der Waals surface area contributed by atoms with Gasteiger partial charge in [0.2, 0.25) is 0 Å². The summed E-state index contributed by atoms with van der Waals surface area (Å²) in [7, 11) is 1.83. The molecule has 5 rings (SSSR count). The first kappa shape index (κ1) is 23.6. The van der Waals surface area contributed by atoms with Gasteiger partial charge in [-0.3, -0.25) is 9.59 Å². The van der Waals surface area contributed by atoms with Gasteiger partial charge in [-0.1, -0.05) is 35.9 Å². The highest BCUT2D eigenvalue weighted by atomic mass is 16.6. The number of ether oxygens (including phenoxy) is 1. The van der Waals surface area contributed by atoms with Gasteiger partial charge in [-0.2, -0.15) is 9.78 Å². The van der Waals surface area contributed by atoms with Crippen molar-refractivity contribution in [2.45, 2.75) is 32.7 Å². The van der Waals surface area contributed by atoms with Gasteiger partial charge < -0.3 is 19.5 Å². The summed E-state index contributed by atoms with van der Waals surface area (Å²) in [5.74, 6) is -0.341. The zero-order chi connectivity index (χ0) is 25.4. The van der Waals surface area contributed by atoms with Crippen LogP contribution in [0, 0.1) is 6.92 Å². The van der Waals surface area contributed by atoms with Gasteiger partial charge >= 0.3 is 6.09 Å². The number of aryl methyl sites for hydroxylation is 2. The summed E-state index contributed by atoms with van der Waals surface area (Å²) in [6.45, 7) is 5.09. The second-order valence-electron chi connectivity index (χ2n) is 9.13. The summed E-state index contributed by atoms with van der Waals surface area (Å²) in [6, 6.07) is 15.0. The van der Waals surface area contributed by atoms with E-state index in [4.69, 9.17) is 4.74 Å². The lowest BCUT2D eigenvalue weighted by Crippen LogP contribution is -2.47. The van der Waals surface area contributed by atoms with Crippen molar-refractivity contribution >= 4 is 33.8 Å². The number of hydrogen-bond acceptors (Lipinski definition) is 5. The molecule has 0 unspecified atom stereocenters. The van der Waals surface area contributed by atoms with Gasteiger partial charge in [-0.25, -0.2) is 4.79 Å². The molecule has 36 heavy (non-hydrogen) atoms. The molecule has 1 aliphatic rings. The number of carbonyl (C=O) groups is 2. The van der Waals surface area contributed by atoms with Crippen LogP contribution in [0.3, 0.4) is 0 Å². The number of rotatable bonds is 4. The standard InChI is InChI=1S/C27H29N5O4/c1-4-36-27(35)31-15-13-18(14-16-31)28-25(33)23-22-20-7-5-6-8-21(20)30(3)24(22)26(34)32(29-23)19-11-9-17(2)10-12-19/h5-12,18H,4,13-16H2,1-3H3,(H,28,33). The van der Waals surface area contributed by atoms with E-state index in [9.17, 15) is 14.4 Å². The second-order valence-corrected chi connectivity index (χ2v) is 9.13. The molecular formula is C27H29N5O4. The van der Waals surface area contributed by atoms with Crippen LogP contribution in [-0.4, -0.2) is 57.0 Å². The van der Waals surface area contributed by atoms with Crippen molar-refractivity contribution in [3.05, 3.63) is 70.1 Å². The van der Waals surface area contributed by atoms with E-state index < -0.39 is 0 Å². The van der Waals surface area contributed by atoms with Crippen molar-refractivity contribution in [1.29, 1.82) is 0 Å². The summed E-state index contributed by atoms with van der Waals surface area (Å²) in [4.78, 5) is 40.9. The quantitative estimate of drug-likeness (QED) is 0.475. The monoisotopic (exact) mass is 487 g/mol. The highest BCUT2D eigenvalue weighted by Gasteiger charge is 2.28. The Labute approximate surface area is 208 Å². The van der Waals surface area contributed by atoms with Gasteiger partial charge in [0, 0.05) is 42.5 Å². The average molecular weight is 488 g/mol. The summed E-state index contributed by atoms with van der Waals surface area (Å²) in [6.07, 6.45) is 0.897. The Kier molecular flexibility index (Phi) is 6.22. The van der Waals surface area contributed by atoms with E-state index in [1.807, 2.05) is 67.1 Å². The molecule has 186 valence electrons. The molecule has 0 bridgehead atoms. The molecular weight excluding hydrogens is 458 g/mol. The lowest BCUT2D eigenvalue weighted by molar-refractivity contribution is 0.0857. The van der Waals surface area contributed by atoms with Gasteiger partial charge in [0.25, 0.3) is 11.5 Å². The molecule has 4 aromatic rings. The minimum absolute atomic E-state index is 0.116. The maximum absolute atomic E-state index is 13.6. The molecule has 0 radical (unpaired) electrons. The van der Waals surface area contributed by atoms with Crippen LogP contribution in [-0.2, 0) is 11.8 Å². The molecule has 2 aromatic carbocycles. The van der Waals surface area contributed by atoms with Crippen molar-refractivity contribution in [3.63, 3.8) is 0 Å². The third kappa shape index (κ3) is 4.10. The Bertz CT molecular complexity index is 1510. The molecule has 0 aliphatic carbocycles. The van der Waals surface area contributed by atoms with Gasteiger partial charge in [0.1, 0.15) is 5.52 Å². The Morgan fingerprint density at radius 2 is 1.78 bits per heavy atom. The number of likely N-dealkylation sites (tertiary alicyclic amines) is 1. The molecule has 0 spiro atoms. The van der Waals surface area contributed by atoms with Crippen molar-refractivity contribution in [2.24, 2.45) is 7.05 Å². The first-order valence-electron chi connectivity index (χ1n) is 12.2. The molecule has 1 aliphatic heterocycles. The van der Waals surface area contributed by atoms with Crippen molar-refractivity contribution in [3.8, 4) is 5.69 Å². The SMILES string of the molecule is CCOC(=O)N1CCC(NC(=O)c2nn(-c3ccc(C)cc3)c(=O)c3c2c2ccccc2n3C)CC1. The van der Waals surface area contributed by atoms with Crippen LogP contribution in [0.4, 0.5) is 4.79 Å².